The Morgan fingerprint density at radius 2 is 1.23 bits per heavy atom. The predicted molar refractivity (Wildman–Crippen MR) is 99.2 cm³/mol. The molecule has 0 spiro atoms. The highest BCUT2D eigenvalue weighted by atomic mass is 16.4. The van der Waals surface area contributed by atoms with E-state index in [0.29, 0.717) is 19.3 Å². The molecule has 1 aliphatic heterocycles. The van der Waals surface area contributed by atoms with Crippen LogP contribution in [-0.2, 0) is 24.0 Å². The lowest BCUT2D eigenvalue weighted by molar-refractivity contribution is -0.144. The third-order valence-corrected chi connectivity index (χ3v) is 4.75. The average Bonchev–Trinajstić information content (AvgIpc) is 2.74. The van der Waals surface area contributed by atoms with Crippen molar-refractivity contribution in [2.24, 2.45) is 0 Å². The lowest BCUT2D eigenvalue weighted by atomic mass is 10.1. The largest absolute Gasteiger partial charge is 0.480 e. The molecule has 30 heavy (non-hydrogen) atoms. The van der Waals surface area contributed by atoms with E-state index in [1.807, 2.05) is 0 Å². The van der Waals surface area contributed by atoms with Gasteiger partial charge in [0.15, 0.2) is 0 Å². The molecule has 0 amide bonds. The highest BCUT2D eigenvalue weighted by molar-refractivity contribution is 5.73. The topological polar surface area (TPSA) is 196 Å². The Balaban J connectivity index is 3.04. The smallest absolute Gasteiger partial charge is 0.317 e. The third-order valence-electron chi connectivity index (χ3n) is 4.75. The van der Waals surface area contributed by atoms with E-state index in [1.165, 1.54) is 14.7 Å². The predicted octanol–water partition coefficient (Wildman–Crippen LogP) is -1.76. The summed E-state index contributed by atoms with van der Waals surface area (Å²) in [6, 6.07) is -1.02. The van der Waals surface area contributed by atoms with Gasteiger partial charge in [-0.3, -0.25) is 38.7 Å². The zero-order valence-electron chi connectivity index (χ0n) is 16.3. The third kappa shape index (κ3) is 9.62. The van der Waals surface area contributed by atoms with Gasteiger partial charge < -0.3 is 25.5 Å². The van der Waals surface area contributed by atoms with Crippen LogP contribution in [0.4, 0.5) is 0 Å². The van der Waals surface area contributed by atoms with Crippen molar-refractivity contribution in [3.05, 3.63) is 0 Å². The second-order valence-corrected chi connectivity index (χ2v) is 7.21. The normalized spacial score (nSPS) is 20.1. The second kappa shape index (κ2) is 12.0. The summed E-state index contributed by atoms with van der Waals surface area (Å²) in [5, 5.41) is 45.5. The fourth-order valence-electron chi connectivity index (χ4n) is 3.68. The fourth-order valence-corrected chi connectivity index (χ4v) is 3.68. The minimum absolute atomic E-state index is 0.00351. The summed E-state index contributed by atoms with van der Waals surface area (Å²) in [7, 11) is 0. The number of nitrogens with zero attached hydrogens (tertiary/aromatic N) is 3. The van der Waals surface area contributed by atoms with Crippen LogP contribution in [-0.4, -0.2) is 128 Å². The lowest BCUT2D eigenvalue weighted by Gasteiger charge is -2.35. The minimum Gasteiger partial charge on any atom is -0.480 e. The maximum absolute atomic E-state index is 11.4. The number of hydrogen-bond acceptors (Lipinski definition) is 8. The fraction of sp³-hybridized carbons (Fsp3) is 0.706. The zero-order chi connectivity index (χ0) is 22.8. The quantitative estimate of drug-likeness (QED) is 0.219. The second-order valence-electron chi connectivity index (χ2n) is 7.21. The Morgan fingerprint density at radius 3 is 1.67 bits per heavy atom. The number of aliphatic carboxylic acids is 5. The van der Waals surface area contributed by atoms with Gasteiger partial charge in [0.25, 0.3) is 0 Å². The van der Waals surface area contributed by atoms with E-state index < -0.39 is 74.7 Å². The molecular weight excluding hydrogens is 406 g/mol. The van der Waals surface area contributed by atoms with Gasteiger partial charge in [-0.15, -0.1) is 0 Å². The molecule has 0 aromatic carbocycles. The first-order valence-corrected chi connectivity index (χ1v) is 9.27. The molecule has 1 rings (SSSR count). The van der Waals surface area contributed by atoms with Crippen LogP contribution in [0.5, 0.6) is 0 Å². The maximum Gasteiger partial charge on any atom is 0.317 e. The molecule has 0 radical (unpaired) electrons. The molecule has 13 heteroatoms. The van der Waals surface area contributed by atoms with Crippen LogP contribution in [0.2, 0.25) is 0 Å². The van der Waals surface area contributed by atoms with Crippen molar-refractivity contribution in [3.63, 3.8) is 0 Å². The van der Waals surface area contributed by atoms with Crippen LogP contribution < -0.4 is 0 Å². The van der Waals surface area contributed by atoms with E-state index in [1.54, 1.807) is 0 Å². The monoisotopic (exact) mass is 433 g/mol. The lowest BCUT2D eigenvalue weighted by Crippen LogP contribution is -2.52. The van der Waals surface area contributed by atoms with E-state index in [2.05, 4.69) is 0 Å². The van der Waals surface area contributed by atoms with Crippen molar-refractivity contribution in [1.82, 2.24) is 14.7 Å². The Kier molecular flexibility index (Phi) is 10.1. The highest BCUT2D eigenvalue weighted by Crippen LogP contribution is 2.21. The maximum atomic E-state index is 11.4. The van der Waals surface area contributed by atoms with Crippen molar-refractivity contribution < 1.29 is 49.5 Å². The molecule has 0 saturated carbocycles. The van der Waals surface area contributed by atoms with Gasteiger partial charge in [-0.2, -0.15) is 0 Å². The molecule has 0 unspecified atom stereocenters. The Morgan fingerprint density at radius 1 is 0.733 bits per heavy atom. The summed E-state index contributed by atoms with van der Waals surface area (Å²) in [5.74, 6) is -6.03. The number of hydrogen-bond donors (Lipinski definition) is 5. The number of carbonyl (C=O) groups is 5. The summed E-state index contributed by atoms with van der Waals surface area (Å²) in [4.78, 5) is 59.7. The van der Waals surface area contributed by atoms with Crippen molar-refractivity contribution in [2.75, 3.05) is 45.8 Å². The summed E-state index contributed by atoms with van der Waals surface area (Å²) in [5.41, 5.74) is 0. The summed E-state index contributed by atoms with van der Waals surface area (Å²) >= 11 is 0. The van der Waals surface area contributed by atoms with Crippen LogP contribution in [0.15, 0.2) is 0 Å². The van der Waals surface area contributed by atoms with Crippen LogP contribution in [0.25, 0.3) is 0 Å². The number of carboxylic acid groups (broad SMARTS) is 5. The molecule has 13 nitrogen and oxygen atoms in total. The summed E-state index contributed by atoms with van der Waals surface area (Å²) < 4.78 is 0. The number of carboxylic acids is 5. The molecule has 1 aliphatic rings. The van der Waals surface area contributed by atoms with E-state index in [9.17, 15) is 29.1 Å². The molecule has 1 saturated heterocycles. The standard InChI is InChI=1S/C17H27N3O10/c21-13(22)6-18(7-14(23)24)4-11-2-1-3-12(5-19(11)8-15(25)26)20(9-16(27)28)10-17(29)30/h11-12H,1-10H2,(H,21,22)(H,23,24)(H,25,26)(H,27,28)(H,29,30)/t11-,12-/m0/s1. The zero-order valence-corrected chi connectivity index (χ0v) is 16.3. The highest BCUT2D eigenvalue weighted by Gasteiger charge is 2.33. The minimum atomic E-state index is -1.22. The Labute approximate surface area is 172 Å². The number of rotatable bonds is 13. The average molecular weight is 433 g/mol. The molecule has 5 N–H and O–H groups in total. The molecule has 1 fully saturated rings. The van der Waals surface area contributed by atoms with Gasteiger partial charge in [-0.25, -0.2) is 0 Å². The molecular formula is C17H27N3O10. The molecule has 0 bridgehead atoms. The molecule has 1 heterocycles. The van der Waals surface area contributed by atoms with Crippen LogP contribution in [0.1, 0.15) is 19.3 Å². The molecule has 0 aliphatic carbocycles. The van der Waals surface area contributed by atoms with E-state index in [4.69, 9.17) is 20.4 Å². The van der Waals surface area contributed by atoms with Crippen LogP contribution >= 0.6 is 0 Å². The summed E-state index contributed by atoms with van der Waals surface area (Å²) in [6.07, 6.45) is 1.35. The van der Waals surface area contributed by atoms with E-state index in [-0.39, 0.29) is 13.1 Å². The Bertz CT molecular complexity index is 624. The van der Waals surface area contributed by atoms with Crippen LogP contribution in [0.3, 0.4) is 0 Å². The van der Waals surface area contributed by atoms with E-state index >= 15 is 0 Å². The van der Waals surface area contributed by atoms with Gasteiger partial charge in [0.1, 0.15) is 0 Å². The first-order valence-electron chi connectivity index (χ1n) is 9.27. The Hall–Kier alpha value is -2.77. The van der Waals surface area contributed by atoms with Gasteiger partial charge in [-0.05, 0) is 12.8 Å². The van der Waals surface area contributed by atoms with Crippen molar-refractivity contribution in [3.8, 4) is 0 Å². The van der Waals surface area contributed by atoms with E-state index in [0.717, 1.165) is 0 Å². The molecule has 2 atom stereocenters. The molecule has 0 aromatic rings. The van der Waals surface area contributed by atoms with Crippen molar-refractivity contribution in [1.29, 1.82) is 0 Å². The van der Waals surface area contributed by atoms with Crippen LogP contribution in [0, 0.1) is 0 Å². The van der Waals surface area contributed by atoms with Crippen molar-refractivity contribution in [2.45, 2.75) is 31.3 Å². The van der Waals surface area contributed by atoms with Gasteiger partial charge >= 0.3 is 29.8 Å². The van der Waals surface area contributed by atoms with Gasteiger partial charge in [-0.1, -0.05) is 6.42 Å². The first-order chi connectivity index (χ1) is 14.0. The molecule has 170 valence electrons. The SMILES string of the molecule is O=C(O)CN(CC(=O)O)C[C@@H]1CCC[C@H](N(CC(=O)O)CC(=O)O)CN1CC(=O)O. The summed E-state index contributed by atoms with van der Waals surface area (Å²) in [6.45, 7) is -2.47. The van der Waals surface area contributed by atoms with Gasteiger partial charge in [0, 0.05) is 25.2 Å². The molecule has 0 aromatic heterocycles. The van der Waals surface area contributed by atoms with Crippen molar-refractivity contribution >= 4 is 29.8 Å². The van der Waals surface area contributed by atoms with Gasteiger partial charge in [0.2, 0.25) is 0 Å². The van der Waals surface area contributed by atoms with Gasteiger partial charge in [0.05, 0.1) is 32.7 Å². The first kappa shape index (κ1) is 25.3. The number of likely N-dealkylation sites (tertiary alicyclic amines) is 1.